The third-order valence-corrected chi connectivity index (χ3v) is 3.56. The molecule has 1 aromatic heterocycles. The van der Waals surface area contributed by atoms with E-state index in [4.69, 9.17) is 0 Å². The predicted octanol–water partition coefficient (Wildman–Crippen LogP) is 3.64. The Morgan fingerprint density at radius 1 is 1.18 bits per heavy atom. The van der Waals surface area contributed by atoms with Gasteiger partial charge >= 0.3 is 0 Å². The number of aryl methyl sites for hydroxylation is 1. The molecule has 5 nitrogen and oxygen atoms in total. The highest BCUT2D eigenvalue weighted by molar-refractivity contribution is 5.55. The molecule has 0 bridgehead atoms. The molecule has 0 spiro atoms. The van der Waals surface area contributed by atoms with Gasteiger partial charge in [0.05, 0.1) is 0 Å². The molecule has 0 radical (unpaired) electrons. The molecule has 0 amide bonds. The lowest BCUT2D eigenvalue weighted by molar-refractivity contribution is 0.547. The standard InChI is InChI=1S/C17H24N4O/c1-10(2)13-8-7-12(9-11(13)3)18-16-19-15(22)14(20-21-16)17(4,5)6/h7-10H,1-6H3,(H2,18,19,21,22). The van der Waals surface area contributed by atoms with Gasteiger partial charge in [0.2, 0.25) is 5.95 Å². The fourth-order valence-corrected chi connectivity index (χ4v) is 2.42. The van der Waals surface area contributed by atoms with Crippen LogP contribution in [0.15, 0.2) is 23.0 Å². The zero-order valence-electron chi connectivity index (χ0n) is 14.1. The lowest BCUT2D eigenvalue weighted by Gasteiger charge is -2.16. The Labute approximate surface area is 131 Å². The van der Waals surface area contributed by atoms with Gasteiger partial charge in [0.25, 0.3) is 5.56 Å². The fourth-order valence-electron chi connectivity index (χ4n) is 2.42. The summed E-state index contributed by atoms with van der Waals surface area (Å²) in [6.45, 7) is 12.2. The third-order valence-electron chi connectivity index (χ3n) is 3.56. The molecular weight excluding hydrogens is 276 g/mol. The monoisotopic (exact) mass is 300 g/mol. The van der Waals surface area contributed by atoms with E-state index in [0.717, 1.165) is 5.69 Å². The van der Waals surface area contributed by atoms with Crippen LogP contribution < -0.4 is 10.9 Å². The average Bonchev–Trinajstić information content (AvgIpc) is 2.36. The second-order valence-corrected chi connectivity index (χ2v) is 6.95. The zero-order chi connectivity index (χ0) is 16.5. The number of aromatic nitrogens is 3. The van der Waals surface area contributed by atoms with Gasteiger partial charge in [-0.05, 0) is 36.1 Å². The Bertz CT molecular complexity index is 726. The van der Waals surface area contributed by atoms with Crippen LogP contribution in [-0.4, -0.2) is 15.2 Å². The van der Waals surface area contributed by atoms with Crippen LogP contribution in [0, 0.1) is 6.92 Å². The zero-order valence-corrected chi connectivity index (χ0v) is 14.1. The first-order valence-corrected chi connectivity index (χ1v) is 7.53. The second kappa shape index (κ2) is 5.91. The van der Waals surface area contributed by atoms with E-state index in [1.807, 2.05) is 32.9 Å². The summed E-state index contributed by atoms with van der Waals surface area (Å²) in [5.41, 5.74) is 3.31. The van der Waals surface area contributed by atoms with E-state index in [-0.39, 0.29) is 11.0 Å². The van der Waals surface area contributed by atoms with Gasteiger partial charge in [0.1, 0.15) is 5.69 Å². The summed E-state index contributed by atoms with van der Waals surface area (Å²) in [7, 11) is 0. The molecule has 0 atom stereocenters. The molecular formula is C17H24N4O. The minimum absolute atomic E-state index is 0.208. The van der Waals surface area contributed by atoms with Crippen molar-refractivity contribution in [1.29, 1.82) is 0 Å². The molecule has 0 aliphatic rings. The van der Waals surface area contributed by atoms with Crippen molar-refractivity contribution >= 4 is 11.6 Å². The molecule has 0 aliphatic heterocycles. The van der Waals surface area contributed by atoms with Crippen LogP contribution in [0.3, 0.4) is 0 Å². The number of aromatic amines is 1. The molecule has 0 saturated heterocycles. The van der Waals surface area contributed by atoms with Gasteiger partial charge in [0, 0.05) is 11.1 Å². The van der Waals surface area contributed by atoms with Crippen molar-refractivity contribution in [2.24, 2.45) is 0 Å². The maximum absolute atomic E-state index is 12.1. The first kappa shape index (κ1) is 16.2. The lowest BCUT2D eigenvalue weighted by atomic mass is 9.93. The summed E-state index contributed by atoms with van der Waals surface area (Å²) in [5.74, 6) is 0.842. The molecule has 0 unspecified atom stereocenters. The van der Waals surface area contributed by atoms with Crippen molar-refractivity contribution in [3.8, 4) is 0 Å². The normalized spacial score (nSPS) is 11.8. The Hall–Kier alpha value is -2.17. The van der Waals surface area contributed by atoms with Gasteiger partial charge in [-0.25, -0.2) is 0 Å². The molecule has 0 saturated carbocycles. The summed E-state index contributed by atoms with van der Waals surface area (Å²) in [6.07, 6.45) is 0. The molecule has 2 rings (SSSR count). The van der Waals surface area contributed by atoms with E-state index in [9.17, 15) is 4.79 Å². The molecule has 2 aromatic rings. The maximum Gasteiger partial charge on any atom is 0.274 e. The molecule has 22 heavy (non-hydrogen) atoms. The SMILES string of the molecule is Cc1cc(Nc2nnc(C(C)(C)C)c(=O)[nH]2)ccc1C(C)C. The minimum Gasteiger partial charge on any atom is -0.324 e. The second-order valence-electron chi connectivity index (χ2n) is 6.95. The summed E-state index contributed by atoms with van der Waals surface area (Å²) in [5, 5.41) is 11.2. The van der Waals surface area contributed by atoms with Gasteiger partial charge in [-0.2, -0.15) is 0 Å². The van der Waals surface area contributed by atoms with Crippen LogP contribution in [0.5, 0.6) is 0 Å². The van der Waals surface area contributed by atoms with Gasteiger partial charge in [-0.3, -0.25) is 9.78 Å². The molecule has 2 N–H and O–H groups in total. The molecule has 1 aromatic carbocycles. The Morgan fingerprint density at radius 2 is 1.86 bits per heavy atom. The maximum atomic E-state index is 12.1. The molecule has 118 valence electrons. The quantitative estimate of drug-likeness (QED) is 0.908. The van der Waals surface area contributed by atoms with Crippen LogP contribution >= 0.6 is 0 Å². The van der Waals surface area contributed by atoms with Crippen molar-refractivity contribution in [2.45, 2.75) is 52.9 Å². The first-order chi connectivity index (χ1) is 10.2. The van der Waals surface area contributed by atoms with Gasteiger partial charge in [0.15, 0.2) is 0 Å². The van der Waals surface area contributed by atoms with E-state index in [0.29, 0.717) is 17.6 Å². The van der Waals surface area contributed by atoms with Crippen LogP contribution in [0.2, 0.25) is 0 Å². The van der Waals surface area contributed by atoms with Crippen LogP contribution in [-0.2, 0) is 5.41 Å². The van der Waals surface area contributed by atoms with Crippen molar-refractivity contribution in [2.75, 3.05) is 5.32 Å². The Morgan fingerprint density at radius 3 is 2.36 bits per heavy atom. The van der Waals surface area contributed by atoms with E-state index < -0.39 is 0 Å². The van der Waals surface area contributed by atoms with Crippen molar-refractivity contribution in [3.05, 3.63) is 45.4 Å². The lowest BCUT2D eigenvalue weighted by Crippen LogP contribution is -2.28. The van der Waals surface area contributed by atoms with Gasteiger partial charge in [-0.15, -0.1) is 10.2 Å². The van der Waals surface area contributed by atoms with Crippen LogP contribution in [0.25, 0.3) is 0 Å². The van der Waals surface area contributed by atoms with E-state index in [1.54, 1.807) is 0 Å². The number of rotatable bonds is 3. The van der Waals surface area contributed by atoms with Crippen LogP contribution in [0.1, 0.15) is 57.4 Å². The highest BCUT2D eigenvalue weighted by Crippen LogP contribution is 2.23. The van der Waals surface area contributed by atoms with Crippen molar-refractivity contribution in [3.63, 3.8) is 0 Å². The van der Waals surface area contributed by atoms with Crippen molar-refractivity contribution < 1.29 is 0 Å². The number of H-pyrrole nitrogens is 1. The molecule has 1 heterocycles. The number of anilines is 2. The summed E-state index contributed by atoms with van der Waals surface area (Å²) in [4.78, 5) is 14.8. The highest BCUT2D eigenvalue weighted by atomic mass is 16.1. The van der Waals surface area contributed by atoms with E-state index >= 15 is 0 Å². The number of hydrogen-bond donors (Lipinski definition) is 2. The van der Waals surface area contributed by atoms with Gasteiger partial charge in [-0.1, -0.05) is 40.7 Å². The number of nitrogens with zero attached hydrogens (tertiary/aromatic N) is 2. The summed E-state index contributed by atoms with van der Waals surface area (Å²) < 4.78 is 0. The Kier molecular flexibility index (Phi) is 4.35. The minimum atomic E-state index is -0.325. The topological polar surface area (TPSA) is 70.7 Å². The third kappa shape index (κ3) is 3.53. The largest absolute Gasteiger partial charge is 0.324 e. The smallest absolute Gasteiger partial charge is 0.274 e. The summed E-state index contributed by atoms with van der Waals surface area (Å²) in [6, 6.07) is 6.13. The van der Waals surface area contributed by atoms with E-state index in [2.05, 4.69) is 47.3 Å². The highest BCUT2D eigenvalue weighted by Gasteiger charge is 2.20. The molecule has 5 heteroatoms. The number of benzene rings is 1. The predicted molar refractivity (Wildman–Crippen MR) is 89.9 cm³/mol. The number of hydrogen-bond acceptors (Lipinski definition) is 4. The first-order valence-electron chi connectivity index (χ1n) is 7.53. The van der Waals surface area contributed by atoms with Crippen molar-refractivity contribution in [1.82, 2.24) is 15.2 Å². The average molecular weight is 300 g/mol. The van der Waals surface area contributed by atoms with Gasteiger partial charge < -0.3 is 5.32 Å². The van der Waals surface area contributed by atoms with Crippen LogP contribution in [0.4, 0.5) is 11.6 Å². The number of nitrogens with one attached hydrogen (secondary N) is 2. The fraction of sp³-hybridized carbons (Fsp3) is 0.471. The molecule has 0 fully saturated rings. The Balaban J connectivity index is 2.27. The summed E-state index contributed by atoms with van der Waals surface area (Å²) >= 11 is 0. The van der Waals surface area contributed by atoms with E-state index in [1.165, 1.54) is 11.1 Å². The molecule has 0 aliphatic carbocycles.